The van der Waals surface area contributed by atoms with Crippen LogP contribution < -0.4 is 0 Å². The fraction of sp³-hybridized carbons (Fsp3) is 0.889. The van der Waals surface area contributed by atoms with Gasteiger partial charge in [0.2, 0.25) is 10.0 Å². The van der Waals surface area contributed by atoms with E-state index < -0.39 is 10.0 Å². The minimum atomic E-state index is -3.23. The summed E-state index contributed by atoms with van der Waals surface area (Å²) in [6.07, 6.45) is 1.13. The summed E-state index contributed by atoms with van der Waals surface area (Å²) >= 11 is 5.43. The molecule has 0 aromatic rings. The van der Waals surface area contributed by atoms with Gasteiger partial charge in [0.15, 0.2) is 0 Å². The molecule has 7 heteroatoms. The molecule has 0 aliphatic carbocycles. The lowest BCUT2D eigenvalue weighted by Crippen LogP contribution is -2.30. The number of hydrogen-bond donors (Lipinski definition) is 0. The Morgan fingerprint density at radius 1 is 1.38 bits per heavy atom. The molecule has 0 rings (SSSR count). The maximum absolute atomic E-state index is 11.6. The molecule has 0 heterocycles. The van der Waals surface area contributed by atoms with Gasteiger partial charge in [0, 0.05) is 25.9 Å². The molecule has 0 spiro atoms. The third-order valence-electron chi connectivity index (χ3n) is 2.09. The highest BCUT2D eigenvalue weighted by Gasteiger charge is 2.16. The summed E-state index contributed by atoms with van der Waals surface area (Å²) < 4.78 is 28.9. The topological polar surface area (TPSA) is 63.7 Å². The Hall–Kier alpha value is -0.330. The summed E-state index contributed by atoms with van der Waals surface area (Å²) in [7, 11) is -0.421. The molecular formula is C9H18ClNO4S. The lowest BCUT2D eigenvalue weighted by Gasteiger charge is -2.16. The minimum Gasteiger partial charge on any atom is -0.469 e. The maximum Gasteiger partial charge on any atom is 0.305 e. The molecule has 0 unspecified atom stereocenters. The highest BCUT2D eigenvalue weighted by molar-refractivity contribution is 7.89. The van der Waals surface area contributed by atoms with Gasteiger partial charge >= 0.3 is 5.97 Å². The molecule has 0 bridgehead atoms. The van der Waals surface area contributed by atoms with Crippen LogP contribution >= 0.6 is 11.6 Å². The lowest BCUT2D eigenvalue weighted by molar-refractivity contribution is -0.140. The average molecular weight is 272 g/mol. The van der Waals surface area contributed by atoms with Gasteiger partial charge in [-0.1, -0.05) is 0 Å². The van der Waals surface area contributed by atoms with Crippen LogP contribution in [0.4, 0.5) is 0 Å². The van der Waals surface area contributed by atoms with Crippen molar-refractivity contribution in [1.82, 2.24) is 4.31 Å². The van der Waals surface area contributed by atoms with Crippen LogP contribution in [0.5, 0.6) is 0 Å². The van der Waals surface area contributed by atoms with Gasteiger partial charge in [-0.25, -0.2) is 12.7 Å². The highest BCUT2D eigenvalue weighted by Crippen LogP contribution is 2.04. The predicted octanol–water partition coefficient (Wildman–Crippen LogP) is 0.830. The quantitative estimate of drug-likeness (QED) is 0.485. The summed E-state index contributed by atoms with van der Waals surface area (Å²) in [4.78, 5) is 10.8. The van der Waals surface area contributed by atoms with E-state index >= 15 is 0 Å². The Morgan fingerprint density at radius 3 is 2.50 bits per heavy atom. The van der Waals surface area contributed by atoms with Gasteiger partial charge in [-0.05, 0) is 12.8 Å². The van der Waals surface area contributed by atoms with Crippen molar-refractivity contribution in [1.29, 1.82) is 0 Å². The van der Waals surface area contributed by atoms with E-state index in [1.54, 1.807) is 0 Å². The number of carbonyl (C=O) groups is 1. The molecule has 0 amide bonds. The number of nitrogens with zero attached hydrogens (tertiary/aromatic N) is 1. The first-order valence-corrected chi connectivity index (χ1v) is 7.15. The lowest BCUT2D eigenvalue weighted by atomic mass is 10.3. The third kappa shape index (κ3) is 6.30. The van der Waals surface area contributed by atoms with E-state index in [0.717, 1.165) is 0 Å². The number of methoxy groups -OCH3 is 1. The second-order valence-corrected chi connectivity index (χ2v) is 5.93. The van der Waals surface area contributed by atoms with E-state index in [9.17, 15) is 13.2 Å². The summed E-state index contributed by atoms with van der Waals surface area (Å²) in [5.74, 6) is 0.0482. The van der Waals surface area contributed by atoms with Crippen LogP contribution in [-0.4, -0.2) is 51.0 Å². The normalized spacial score (nSPS) is 11.8. The number of ether oxygens (including phenoxy) is 1. The highest BCUT2D eigenvalue weighted by atomic mass is 35.5. The largest absolute Gasteiger partial charge is 0.469 e. The first-order valence-electron chi connectivity index (χ1n) is 5.01. The number of carbonyl (C=O) groups excluding carboxylic acids is 1. The SMILES string of the molecule is COC(=O)CCCN(C)S(=O)(=O)CCCCl. The van der Waals surface area contributed by atoms with E-state index in [1.165, 1.54) is 18.5 Å². The Labute approximate surface area is 102 Å². The molecule has 0 N–H and O–H groups in total. The summed E-state index contributed by atoms with van der Waals surface area (Å²) in [6.45, 7) is 0.319. The second-order valence-electron chi connectivity index (χ2n) is 3.36. The molecule has 0 saturated carbocycles. The van der Waals surface area contributed by atoms with Gasteiger partial charge in [0.1, 0.15) is 0 Å². The first-order chi connectivity index (χ1) is 7.44. The van der Waals surface area contributed by atoms with Crippen molar-refractivity contribution in [3.05, 3.63) is 0 Å². The summed E-state index contributed by atoms with van der Waals surface area (Å²) in [5.41, 5.74) is 0. The fourth-order valence-corrected chi connectivity index (χ4v) is 2.60. The van der Waals surface area contributed by atoms with Crippen LogP contribution in [0, 0.1) is 0 Å². The molecule has 5 nitrogen and oxygen atoms in total. The molecule has 0 radical (unpaired) electrons. The summed E-state index contributed by atoms with van der Waals surface area (Å²) in [6, 6.07) is 0. The molecule has 0 aromatic carbocycles. The van der Waals surface area contributed by atoms with Crippen LogP contribution in [-0.2, 0) is 19.6 Å². The van der Waals surface area contributed by atoms with Gasteiger partial charge in [-0.15, -0.1) is 11.6 Å². The molecule has 96 valence electrons. The second kappa shape index (κ2) is 7.86. The summed E-state index contributed by atoms with van der Waals surface area (Å²) in [5, 5.41) is 0. The average Bonchev–Trinajstić information content (AvgIpc) is 2.25. The molecule has 0 aromatic heterocycles. The van der Waals surface area contributed by atoms with Crippen LogP contribution in [0.1, 0.15) is 19.3 Å². The van der Waals surface area contributed by atoms with Crippen molar-refractivity contribution in [2.75, 3.05) is 32.3 Å². The molecule has 0 aliphatic heterocycles. The van der Waals surface area contributed by atoms with Gasteiger partial charge in [0.25, 0.3) is 0 Å². The molecule has 0 saturated heterocycles. The molecule has 16 heavy (non-hydrogen) atoms. The van der Waals surface area contributed by atoms with E-state index in [1.807, 2.05) is 0 Å². The molecule has 0 atom stereocenters. The Balaban J connectivity index is 3.95. The van der Waals surface area contributed by atoms with Gasteiger partial charge < -0.3 is 4.74 Å². The zero-order chi connectivity index (χ0) is 12.6. The molecular weight excluding hydrogens is 254 g/mol. The Morgan fingerprint density at radius 2 is 2.00 bits per heavy atom. The first kappa shape index (κ1) is 15.7. The van der Waals surface area contributed by atoms with Crippen molar-refractivity contribution in [2.45, 2.75) is 19.3 Å². The number of alkyl halides is 1. The number of hydrogen-bond acceptors (Lipinski definition) is 4. The van der Waals surface area contributed by atoms with Crippen molar-refractivity contribution >= 4 is 27.6 Å². The van der Waals surface area contributed by atoms with Gasteiger partial charge in [0.05, 0.1) is 12.9 Å². The van der Waals surface area contributed by atoms with Crippen molar-refractivity contribution < 1.29 is 17.9 Å². The van der Waals surface area contributed by atoms with Crippen molar-refractivity contribution in [3.8, 4) is 0 Å². The van der Waals surface area contributed by atoms with E-state index in [2.05, 4.69) is 4.74 Å². The zero-order valence-corrected chi connectivity index (χ0v) is 11.2. The zero-order valence-electron chi connectivity index (χ0n) is 9.61. The Kier molecular flexibility index (Phi) is 7.70. The van der Waals surface area contributed by atoms with Gasteiger partial charge in [-0.2, -0.15) is 0 Å². The molecule has 0 aliphatic rings. The third-order valence-corrected chi connectivity index (χ3v) is 4.30. The van der Waals surface area contributed by atoms with E-state index in [0.29, 0.717) is 25.3 Å². The number of sulfonamides is 1. The number of rotatable bonds is 8. The van der Waals surface area contributed by atoms with Crippen molar-refractivity contribution in [3.63, 3.8) is 0 Å². The van der Waals surface area contributed by atoms with Crippen LogP contribution in [0.3, 0.4) is 0 Å². The molecule has 0 fully saturated rings. The van der Waals surface area contributed by atoms with Crippen molar-refractivity contribution in [2.24, 2.45) is 0 Å². The van der Waals surface area contributed by atoms with Crippen LogP contribution in [0.25, 0.3) is 0 Å². The van der Waals surface area contributed by atoms with E-state index in [-0.39, 0.29) is 18.1 Å². The smallest absolute Gasteiger partial charge is 0.305 e. The fourth-order valence-electron chi connectivity index (χ4n) is 1.08. The number of esters is 1. The van der Waals surface area contributed by atoms with Crippen LogP contribution in [0.2, 0.25) is 0 Å². The van der Waals surface area contributed by atoms with E-state index in [4.69, 9.17) is 11.6 Å². The monoisotopic (exact) mass is 271 g/mol. The number of halogens is 1. The maximum atomic E-state index is 11.6. The minimum absolute atomic E-state index is 0.0468. The standard InChI is InChI=1S/C9H18ClNO4S/c1-11(7-3-5-9(12)15-2)16(13,14)8-4-6-10/h3-8H2,1-2H3. The van der Waals surface area contributed by atoms with Gasteiger partial charge in [-0.3, -0.25) is 4.79 Å². The predicted molar refractivity (Wildman–Crippen MR) is 63.0 cm³/mol. The van der Waals surface area contributed by atoms with Crippen LogP contribution in [0.15, 0.2) is 0 Å². The Bertz CT molecular complexity index is 305.